The molecule has 1 aromatic carbocycles. The number of pyridine rings is 1. The van der Waals surface area contributed by atoms with Crippen molar-refractivity contribution in [2.45, 2.75) is 58.9 Å². The van der Waals surface area contributed by atoms with Gasteiger partial charge in [0.05, 0.1) is 5.52 Å². The van der Waals surface area contributed by atoms with Crippen molar-refractivity contribution in [3.63, 3.8) is 0 Å². The van der Waals surface area contributed by atoms with Gasteiger partial charge in [-0.3, -0.25) is 25.2 Å². The molecule has 1 aromatic heterocycles. The molecule has 3 N–H and O–H groups in total. The molecule has 0 fully saturated rings. The van der Waals surface area contributed by atoms with Crippen LogP contribution < -0.4 is 16.4 Å². The number of hydrogen-bond acceptors (Lipinski definition) is 4. The second kappa shape index (κ2) is 10.1. The minimum Gasteiger partial charge on any atom is -0.506 e. The fraction of sp³-hybridized carbons (Fsp3) is 0.450. The summed E-state index contributed by atoms with van der Waals surface area (Å²) in [5.41, 5.74) is 3.92. The summed E-state index contributed by atoms with van der Waals surface area (Å²) in [6.45, 7) is 4.18. The summed E-state index contributed by atoms with van der Waals surface area (Å²) in [5.74, 6) is -1.67. The van der Waals surface area contributed by atoms with Gasteiger partial charge in [0.25, 0.3) is 11.5 Å². The number of aromatic hydroxyl groups is 1. The third-order valence-electron chi connectivity index (χ3n) is 4.57. The first-order chi connectivity index (χ1) is 13.4. The fourth-order valence-electron chi connectivity index (χ4n) is 3.07. The van der Waals surface area contributed by atoms with E-state index in [-0.39, 0.29) is 12.3 Å². The summed E-state index contributed by atoms with van der Waals surface area (Å²) in [4.78, 5) is 37.0. The van der Waals surface area contributed by atoms with Crippen LogP contribution in [0.4, 0.5) is 0 Å². The topological polar surface area (TPSA) is 100 Å². The molecular formula is C20H26ClN3O4. The van der Waals surface area contributed by atoms with Crippen molar-refractivity contribution in [3.05, 3.63) is 39.1 Å². The Morgan fingerprint density at radius 3 is 2.50 bits per heavy atom. The molecule has 1 heterocycles. The van der Waals surface area contributed by atoms with E-state index in [1.807, 2.05) is 0 Å². The number of hydrazine groups is 1. The number of amides is 2. The van der Waals surface area contributed by atoms with E-state index in [1.54, 1.807) is 19.1 Å². The monoisotopic (exact) mass is 407 g/mol. The van der Waals surface area contributed by atoms with Crippen molar-refractivity contribution in [1.29, 1.82) is 0 Å². The minimum atomic E-state index is -0.870. The van der Waals surface area contributed by atoms with Crippen molar-refractivity contribution >= 4 is 34.3 Å². The smallest absolute Gasteiger partial charge is 0.279 e. The Labute approximate surface area is 168 Å². The largest absolute Gasteiger partial charge is 0.506 e. The van der Waals surface area contributed by atoms with Gasteiger partial charge in [0, 0.05) is 23.4 Å². The lowest BCUT2D eigenvalue weighted by Gasteiger charge is -2.14. The quantitative estimate of drug-likeness (QED) is 0.460. The van der Waals surface area contributed by atoms with Crippen LogP contribution in [0.5, 0.6) is 5.75 Å². The summed E-state index contributed by atoms with van der Waals surface area (Å²) >= 11 is 5.98. The highest BCUT2D eigenvalue weighted by Gasteiger charge is 2.22. The molecule has 0 aliphatic heterocycles. The molecule has 8 heteroatoms. The van der Waals surface area contributed by atoms with Gasteiger partial charge in [0.15, 0.2) is 0 Å². The molecular weight excluding hydrogens is 382 g/mol. The molecule has 2 amide bonds. The molecule has 2 aromatic rings. The maximum atomic E-state index is 12.7. The number of rotatable bonds is 8. The molecule has 0 atom stereocenters. The Morgan fingerprint density at radius 1 is 1.11 bits per heavy atom. The summed E-state index contributed by atoms with van der Waals surface area (Å²) in [7, 11) is 0. The number of benzene rings is 1. The van der Waals surface area contributed by atoms with Crippen LogP contribution in [-0.2, 0) is 11.3 Å². The number of fused-ring (bicyclic) bond motifs is 1. The van der Waals surface area contributed by atoms with Gasteiger partial charge < -0.3 is 9.67 Å². The average molecular weight is 408 g/mol. The van der Waals surface area contributed by atoms with E-state index in [2.05, 4.69) is 17.8 Å². The molecule has 2 rings (SSSR count). The number of halogens is 1. The maximum absolute atomic E-state index is 12.7. The number of carbonyl (C=O) groups excluding carboxylic acids is 2. The van der Waals surface area contributed by atoms with Gasteiger partial charge >= 0.3 is 0 Å². The summed E-state index contributed by atoms with van der Waals surface area (Å²) < 4.78 is 1.37. The zero-order valence-electron chi connectivity index (χ0n) is 16.2. The van der Waals surface area contributed by atoms with Crippen molar-refractivity contribution < 1.29 is 14.7 Å². The van der Waals surface area contributed by atoms with Gasteiger partial charge in [0.2, 0.25) is 5.91 Å². The molecule has 0 saturated carbocycles. The first-order valence-corrected chi connectivity index (χ1v) is 9.92. The number of aryl methyl sites for hydroxylation is 1. The van der Waals surface area contributed by atoms with E-state index in [0.717, 1.165) is 32.1 Å². The Hall–Kier alpha value is -2.54. The summed E-state index contributed by atoms with van der Waals surface area (Å²) in [5, 5.41) is 11.1. The number of carbonyl (C=O) groups is 2. The number of hydrogen-bond donors (Lipinski definition) is 3. The molecule has 0 saturated heterocycles. The summed E-state index contributed by atoms with van der Waals surface area (Å²) in [6, 6.07) is 4.71. The maximum Gasteiger partial charge on any atom is 0.279 e. The predicted molar refractivity (Wildman–Crippen MR) is 110 cm³/mol. The molecule has 7 nitrogen and oxygen atoms in total. The predicted octanol–water partition coefficient (Wildman–Crippen LogP) is 3.50. The van der Waals surface area contributed by atoms with E-state index in [4.69, 9.17) is 11.6 Å². The normalized spacial score (nSPS) is 10.8. The van der Waals surface area contributed by atoms with Crippen LogP contribution in [-0.4, -0.2) is 21.5 Å². The van der Waals surface area contributed by atoms with Gasteiger partial charge in [-0.05, 0) is 31.5 Å². The van der Waals surface area contributed by atoms with Gasteiger partial charge in [-0.1, -0.05) is 44.2 Å². The van der Waals surface area contributed by atoms with E-state index in [1.165, 1.54) is 10.6 Å². The molecule has 152 valence electrons. The average Bonchev–Trinajstić information content (AvgIpc) is 2.67. The molecule has 0 aliphatic rings. The summed E-state index contributed by atoms with van der Waals surface area (Å²) in [6.07, 6.45) is 5.28. The fourth-order valence-corrected chi connectivity index (χ4v) is 3.24. The standard InChI is InChI=1S/C20H26ClN3O4/c1-3-5-6-7-8-9-16(25)22-23-19(27)17-18(26)14-12-13(21)10-11-15(14)24(4-2)20(17)28/h10-12,26H,3-9H2,1-2H3,(H,22,25)(H,23,27). The highest BCUT2D eigenvalue weighted by molar-refractivity contribution is 6.31. The van der Waals surface area contributed by atoms with E-state index >= 15 is 0 Å². The van der Waals surface area contributed by atoms with Crippen molar-refractivity contribution in [2.75, 3.05) is 0 Å². The SMILES string of the molecule is CCCCCCCC(=O)NNC(=O)c1c(O)c2cc(Cl)ccc2n(CC)c1=O. The minimum absolute atomic E-state index is 0.280. The molecule has 0 unspecified atom stereocenters. The lowest BCUT2D eigenvalue weighted by Crippen LogP contribution is -2.44. The number of unbranched alkanes of at least 4 members (excludes halogenated alkanes) is 4. The van der Waals surface area contributed by atoms with Gasteiger partial charge in [-0.2, -0.15) is 0 Å². The van der Waals surface area contributed by atoms with Crippen LogP contribution >= 0.6 is 11.6 Å². The Balaban J connectivity index is 2.15. The third-order valence-corrected chi connectivity index (χ3v) is 4.80. The Kier molecular flexibility index (Phi) is 7.87. The van der Waals surface area contributed by atoms with E-state index < -0.39 is 22.8 Å². The zero-order valence-corrected chi connectivity index (χ0v) is 16.9. The second-order valence-corrected chi connectivity index (χ2v) is 7.04. The molecule has 0 aliphatic carbocycles. The van der Waals surface area contributed by atoms with Gasteiger partial charge in [-0.15, -0.1) is 0 Å². The molecule has 0 spiro atoms. The highest BCUT2D eigenvalue weighted by atomic mass is 35.5. The van der Waals surface area contributed by atoms with Crippen LogP contribution in [0.3, 0.4) is 0 Å². The van der Waals surface area contributed by atoms with Crippen LogP contribution in [0.1, 0.15) is 62.7 Å². The second-order valence-electron chi connectivity index (χ2n) is 6.60. The highest BCUT2D eigenvalue weighted by Crippen LogP contribution is 2.28. The van der Waals surface area contributed by atoms with Crippen molar-refractivity contribution in [3.8, 4) is 5.75 Å². The number of nitrogens with zero attached hydrogens (tertiary/aromatic N) is 1. The first kappa shape index (κ1) is 21.8. The Morgan fingerprint density at radius 2 is 1.82 bits per heavy atom. The Bertz CT molecular complexity index is 924. The third kappa shape index (κ3) is 5.04. The number of aromatic nitrogens is 1. The van der Waals surface area contributed by atoms with E-state index in [9.17, 15) is 19.5 Å². The van der Waals surface area contributed by atoms with Crippen LogP contribution in [0, 0.1) is 0 Å². The van der Waals surface area contributed by atoms with Crippen LogP contribution in [0.25, 0.3) is 10.9 Å². The lowest BCUT2D eigenvalue weighted by molar-refractivity contribution is -0.122. The van der Waals surface area contributed by atoms with Gasteiger partial charge in [0.1, 0.15) is 11.3 Å². The van der Waals surface area contributed by atoms with Crippen molar-refractivity contribution in [1.82, 2.24) is 15.4 Å². The lowest BCUT2D eigenvalue weighted by atomic mass is 10.1. The number of nitrogens with one attached hydrogen (secondary N) is 2. The molecule has 0 radical (unpaired) electrons. The van der Waals surface area contributed by atoms with Crippen LogP contribution in [0.2, 0.25) is 5.02 Å². The molecule has 0 bridgehead atoms. The van der Waals surface area contributed by atoms with Gasteiger partial charge in [-0.25, -0.2) is 0 Å². The van der Waals surface area contributed by atoms with Crippen LogP contribution in [0.15, 0.2) is 23.0 Å². The van der Waals surface area contributed by atoms with Crippen molar-refractivity contribution in [2.24, 2.45) is 0 Å². The molecule has 28 heavy (non-hydrogen) atoms. The van der Waals surface area contributed by atoms with E-state index in [0.29, 0.717) is 22.5 Å². The first-order valence-electron chi connectivity index (χ1n) is 9.54. The zero-order chi connectivity index (χ0) is 20.7.